The van der Waals surface area contributed by atoms with Gasteiger partial charge in [-0.05, 0) is 25.5 Å². The minimum Gasteiger partial charge on any atom is -0.495 e. The molecule has 9 heteroatoms. The zero-order chi connectivity index (χ0) is 19.4. The van der Waals surface area contributed by atoms with Crippen molar-refractivity contribution >= 4 is 27.2 Å². The van der Waals surface area contributed by atoms with Crippen molar-refractivity contribution in [2.75, 3.05) is 35.4 Å². The second-order valence-corrected chi connectivity index (χ2v) is 8.49. The summed E-state index contributed by atoms with van der Waals surface area (Å²) in [6.07, 6.45) is 3.48. The Morgan fingerprint density at radius 3 is 2.67 bits per heavy atom. The van der Waals surface area contributed by atoms with Gasteiger partial charge in [0.25, 0.3) is 5.91 Å². The Bertz CT molecular complexity index is 915. The number of aromatic nitrogens is 2. The highest BCUT2D eigenvalue weighted by Crippen LogP contribution is 2.24. The molecule has 1 aliphatic heterocycles. The Kier molecular flexibility index (Phi) is 5.59. The molecular formula is C18H22N4O4S. The number of para-hydroxylation sites is 2. The predicted octanol–water partition coefficient (Wildman–Crippen LogP) is 1.75. The van der Waals surface area contributed by atoms with Crippen LogP contribution in [0.1, 0.15) is 23.8 Å². The third kappa shape index (κ3) is 4.36. The topological polar surface area (TPSA) is 101 Å². The Hall–Kier alpha value is -2.68. The van der Waals surface area contributed by atoms with Gasteiger partial charge in [0, 0.05) is 12.6 Å². The molecule has 1 N–H and O–H groups in total. The first-order chi connectivity index (χ1) is 12.9. The van der Waals surface area contributed by atoms with E-state index in [-0.39, 0.29) is 23.2 Å². The summed E-state index contributed by atoms with van der Waals surface area (Å²) < 4.78 is 28.7. The summed E-state index contributed by atoms with van der Waals surface area (Å²) in [5, 5.41) is 2.75. The summed E-state index contributed by atoms with van der Waals surface area (Å²) in [6, 6.07) is 6.98. The van der Waals surface area contributed by atoms with E-state index in [0.717, 1.165) is 0 Å². The van der Waals surface area contributed by atoms with Crippen molar-refractivity contribution in [3.05, 3.63) is 42.4 Å². The molecule has 1 atom stereocenters. The van der Waals surface area contributed by atoms with Crippen molar-refractivity contribution in [3.8, 4) is 5.75 Å². The lowest BCUT2D eigenvalue weighted by Crippen LogP contribution is -2.36. The molecule has 3 rings (SSSR count). The van der Waals surface area contributed by atoms with Crippen molar-refractivity contribution in [3.63, 3.8) is 0 Å². The summed E-state index contributed by atoms with van der Waals surface area (Å²) in [4.78, 5) is 22.9. The normalized spacial score (nSPS) is 18.1. The summed E-state index contributed by atoms with van der Waals surface area (Å²) >= 11 is 0. The molecule has 1 aromatic carbocycles. The van der Waals surface area contributed by atoms with E-state index in [1.165, 1.54) is 19.5 Å². The summed E-state index contributed by atoms with van der Waals surface area (Å²) in [5.74, 6) is 1.04. The van der Waals surface area contributed by atoms with Gasteiger partial charge < -0.3 is 15.0 Å². The van der Waals surface area contributed by atoms with Crippen molar-refractivity contribution in [2.45, 2.75) is 19.4 Å². The van der Waals surface area contributed by atoms with Gasteiger partial charge in [-0.15, -0.1) is 0 Å². The molecule has 0 saturated carbocycles. The molecule has 0 radical (unpaired) electrons. The van der Waals surface area contributed by atoms with Crippen LogP contribution in [0.5, 0.6) is 5.75 Å². The van der Waals surface area contributed by atoms with Crippen LogP contribution >= 0.6 is 0 Å². The van der Waals surface area contributed by atoms with E-state index < -0.39 is 15.7 Å². The van der Waals surface area contributed by atoms with Crippen LogP contribution in [0.2, 0.25) is 0 Å². The first-order valence-electron chi connectivity index (χ1n) is 8.67. The number of carbonyl (C=O) groups is 1. The van der Waals surface area contributed by atoms with Crippen molar-refractivity contribution < 1.29 is 17.9 Å². The van der Waals surface area contributed by atoms with E-state index in [0.29, 0.717) is 30.2 Å². The number of rotatable bonds is 6. The molecule has 0 aliphatic carbocycles. The predicted molar refractivity (Wildman–Crippen MR) is 103 cm³/mol. The van der Waals surface area contributed by atoms with E-state index in [9.17, 15) is 13.2 Å². The van der Waals surface area contributed by atoms with Crippen molar-refractivity contribution in [1.82, 2.24) is 9.97 Å². The van der Waals surface area contributed by atoms with Crippen molar-refractivity contribution in [2.24, 2.45) is 0 Å². The van der Waals surface area contributed by atoms with Crippen LogP contribution < -0.4 is 15.0 Å². The van der Waals surface area contributed by atoms with Crippen LogP contribution in [-0.4, -0.2) is 55.5 Å². The van der Waals surface area contributed by atoms with E-state index in [1.807, 2.05) is 17.9 Å². The SMILES string of the molecule is CCN(c1cnc(C(=O)Nc2ccccc2OC)cn1)C1CCS(=O)(=O)C1. The highest BCUT2D eigenvalue weighted by atomic mass is 32.2. The fraction of sp³-hybridized carbons (Fsp3) is 0.389. The number of nitrogens with one attached hydrogen (secondary N) is 1. The minimum absolute atomic E-state index is 0.109. The molecule has 0 spiro atoms. The smallest absolute Gasteiger partial charge is 0.275 e. The van der Waals surface area contributed by atoms with Gasteiger partial charge in [-0.1, -0.05) is 12.1 Å². The monoisotopic (exact) mass is 390 g/mol. The maximum absolute atomic E-state index is 12.4. The number of amides is 1. The van der Waals surface area contributed by atoms with Crippen LogP contribution in [-0.2, 0) is 9.84 Å². The maximum atomic E-state index is 12.4. The van der Waals surface area contributed by atoms with Gasteiger partial charge >= 0.3 is 0 Å². The number of hydrogen-bond donors (Lipinski definition) is 1. The van der Waals surface area contributed by atoms with Gasteiger partial charge in [-0.25, -0.2) is 18.4 Å². The molecule has 2 aromatic rings. The van der Waals surface area contributed by atoms with Crippen LogP contribution in [0.3, 0.4) is 0 Å². The molecular weight excluding hydrogens is 368 g/mol. The molecule has 1 fully saturated rings. The standard InChI is InChI=1S/C18H22N4O4S/c1-3-22(13-8-9-27(24,25)12-13)17-11-19-15(10-20-17)18(23)21-14-6-4-5-7-16(14)26-2/h4-7,10-11,13H,3,8-9,12H2,1-2H3,(H,21,23). The summed E-state index contributed by atoms with van der Waals surface area (Å²) in [7, 11) is -1.46. The van der Waals surface area contributed by atoms with E-state index in [1.54, 1.807) is 18.2 Å². The molecule has 2 heterocycles. The van der Waals surface area contributed by atoms with Crippen LogP contribution in [0.4, 0.5) is 11.5 Å². The Labute approximate surface area is 158 Å². The third-order valence-electron chi connectivity index (χ3n) is 4.51. The Balaban J connectivity index is 1.73. The fourth-order valence-corrected chi connectivity index (χ4v) is 4.88. The molecule has 8 nitrogen and oxygen atoms in total. The number of sulfone groups is 1. The van der Waals surface area contributed by atoms with E-state index >= 15 is 0 Å². The molecule has 0 bridgehead atoms. The molecule has 144 valence electrons. The number of carbonyl (C=O) groups excluding carboxylic acids is 1. The largest absolute Gasteiger partial charge is 0.495 e. The highest BCUT2D eigenvalue weighted by Gasteiger charge is 2.32. The molecule has 1 saturated heterocycles. The first-order valence-corrected chi connectivity index (χ1v) is 10.5. The van der Waals surface area contributed by atoms with Crippen molar-refractivity contribution in [1.29, 1.82) is 0 Å². The lowest BCUT2D eigenvalue weighted by atomic mass is 10.2. The maximum Gasteiger partial charge on any atom is 0.275 e. The van der Waals surface area contributed by atoms with Gasteiger partial charge in [-0.3, -0.25) is 4.79 Å². The lowest BCUT2D eigenvalue weighted by molar-refractivity contribution is 0.102. The number of hydrogen-bond acceptors (Lipinski definition) is 7. The number of anilines is 2. The first kappa shape index (κ1) is 19.1. The van der Waals surface area contributed by atoms with Gasteiger partial charge in [0.15, 0.2) is 9.84 Å². The lowest BCUT2D eigenvalue weighted by Gasteiger charge is -2.27. The zero-order valence-electron chi connectivity index (χ0n) is 15.3. The van der Waals surface area contributed by atoms with E-state index in [4.69, 9.17) is 4.74 Å². The highest BCUT2D eigenvalue weighted by molar-refractivity contribution is 7.91. The average Bonchev–Trinajstić information content (AvgIpc) is 3.03. The minimum atomic E-state index is -2.99. The number of methoxy groups -OCH3 is 1. The molecule has 1 aliphatic rings. The average molecular weight is 390 g/mol. The van der Waals surface area contributed by atoms with Gasteiger partial charge in [0.2, 0.25) is 0 Å². The number of ether oxygens (including phenoxy) is 1. The third-order valence-corrected chi connectivity index (χ3v) is 6.26. The van der Waals surface area contributed by atoms with Gasteiger partial charge in [-0.2, -0.15) is 0 Å². The Morgan fingerprint density at radius 2 is 2.07 bits per heavy atom. The van der Waals surface area contributed by atoms with Gasteiger partial charge in [0.05, 0.1) is 36.7 Å². The van der Waals surface area contributed by atoms with Crippen LogP contribution in [0.15, 0.2) is 36.7 Å². The molecule has 1 unspecified atom stereocenters. The summed E-state index contributed by atoms with van der Waals surface area (Å²) in [5.41, 5.74) is 0.710. The second kappa shape index (κ2) is 7.91. The van der Waals surface area contributed by atoms with E-state index in [2.05, 4.69) is 15.3 Å². The Morgan fingerprint density at radius 1 is 1.30 bits per heavy atom. The molecule has 1 aromatic heterocycles. The quantitative estimate of drug-likeness (QED) is 0.802. The van der Waals surface area contributed by atoms with Crippen LogP contribution in [0, 0.1) is 0 Å². The van der Waals surface area contributed by atoms with Crippen LogP contribution in [0.25, 0.3) is 0 Å². The number of benzene rings is 1. The molecule has 27 heavy (non-hydrogen) atoms. The fourth-order valence-electron chi connectivity index (χ4n) is 3.15. The van der Waals surface area contributed by atoms with Gasteiger partial charge in [0.1, 0.15) is 17.3 Å². The second-order valence-electron chi connectivity index (χ2n) is 6.26. The number of nitrogens with zero attached hydrogens (tertiary/aromatic N) is 3. The summed E-state index contributed by atoms with van der Waals surface area (Å²) in [6.45, 7) is 2.55. The zero-order valence-corrected chi connectivity index (χ0v) is 16.1. The molecule has 1 amide bonds.